The first-order chi connectivity index (χ1) is 32.4. The number of sulfonamides is 1. The number of cyclic esters (lactones) is 1. The van der Waals surface area contributed by atoms with Crippen LogP contribution in [0.5, 0.6) is 0 Å². The maximum atomic E-state index is 14.1. The van der Waals surface area contributed by atoms with Crippen LogP contribution in [0, 0.1) is 29.6 Å². The van der Waals surface area contributed by atoms with Crippen LogP contribution in [0.3, 0.4) is 0 Å². The summed E-state index contributed by atoms with van der Waals surface area (Å²) < 4.78 is 57.6. The van der Waals surface area contributed by atoms with Crippen molar-refractivity contribution < 1.29 is 66.3 Å². The summed E-state index contributed by atoms with van der Waals surface area (Å²) in [6.45, 7) is 11.7. The molecule has 0 aromatic heterocycles. The highest BCUT2D eigenvalue weighted by Crippen LogP contribution is 2.38. The van der Waals surface area contributed by atoms with E-state index in [0.29, 0.717) is 36.8 Å². The number of allylic oxidation sites excluding steroid dienone is 6. The molecular weight excluding hydrogens is 909 g/mol. The Kier molecular flexibility index (Phi) is 22.2. The number of hydrogen-bond acceptors (Lipinski definition) is 14. The van der Waals surface area contributed by atoms with Gasteiger partial charge in [-0.15, -0.1) is 0 Å². The van der Waals surface area contributed by atoms with Crippen LogP contribution in [0.1, 0.15) is 132 Å². The first-order valence-corrected chi connectivity index (χ1v) is 26.8. The van der Waals surface area contributed by atoms with E-state index in [2.05, 4.69) is 4.72 Å². The van der Waals surface area contributed by atoms with Crippen LogP contribution in [0.15, 0.2) is 47.6 Å². The van der Waals surface area contributed by atoms with Gasteiger partial charge in [-0.25, -0.2) is 17.9 Å². The van der Waals surface area contributed by atoms with Gasteiger partial charge in [-0.1, -0.05) is 69.7 Å². The van der Waals surface area contributed by atoms with E-state index in [0.717, 1.165) is 49.7 Å². The molecular formula is C52H82N2O14S. The highest BCUT2D eigenvalue weighted by molar-refractivity contribution is 7.88. The smallest absolute Gasteiger partial charge is 0.328 e. The second kappa shape index (κ2) is 26.3. The number of carbonyl (C=O) groups is 5. The number of aliphatic hydroxyl groups excluding tert-OH is 1. The normalized spacial score (nSPS) is 38.2. The highest BCUT2D eigenvalue weighted by atomic mass is 32.2. The molecule has 2 saturated carbocycles. The Bertz CT molecular complexity index is 2010. The Labute approximate surface area is 411 Å². The number of fused-ring (bicyclic) bond motifs is 2. The number of hydrogen-bond donors (Lipinski definition) is 3. The van der Waals surface area contributed by atoms with Gasteiger partial charge in [0.05, 0.1) is 30.7 Å². The van der Waals surface area contributed by atoms with Gasteiger partial charge in [0, 0.05) is 51.5 Å². The van der Waals surface area contributed by atoms with Crippen molar-refractivity contribution in [1.29, 1.82) is 0 Å². The van der Waals surface area contributed by atoms with Crippen molar-refractivity contribution in [2.45, 2.75) is 193 Å². The quantitative estimate of drug-likeness (QED) is 0.140. The number of methoxy groups -OCH3 is 2. The molecule has 0 aromatic rings. The third-order valence-corrected chi connectivity index (χ3v) is 15.7. The second-order valence-corrected chi connectivity index (χ2v) is 22.2. The zero-order chi connectivity index (χ0) is 51.4. The SMILES string of the molecule is COC1C(=O)C(C)CC/C=C/C=C/C=C(\C)C(NS(C)(=O)=O)C[C@H]2CC[C@H](C)[C@](O)(O2)C(=O)C(=O)N(C)C(C)C(=O)OC([C@H](C)C[C@@H]2CC[C@@H](OC3CCC3)[C@H](OC)C2)CC(=O)C(C)/C=C(\C)C1O. The number of likely N-dealkylation sites (N-methyl/N-ethyl adjacent to an activating group) is 1. The summed E-state index contributed by atoms with van der Waals surface area (Å²) in [5, 5.41) is 23.2. The maximum Gasteiger partial charge on any atom is 0.328 e. The van der Waals surface area contributed by atoms with Gasteiger partial charge >= 0.3 is 5.97 Å². The lowest BCUT2D eigenvalue weighted by molar-refractivity contribution is -0.263. The number of aliphatic hydroxyl groups is 2. The van der Waals surface area contributed by atoms with Gasteiger partial charge in [-0.05, 0) is 115 Å². The average molecular weight is 991 g/mol. The number of nitrogens with zero attached hydrogens (tertiary/aromatic N) is 1. The number of rotatable bonds is 9. The molecule has 7 unspecified atom stereocenters. The molecule has 390 valence electrons. The molecule has 2 aliphatic heterocycles. The van der Waals surface area contributed by atoms with E-state index >= 15 is 0 Å². The van der Waals surface area contributed by atoms with Gasteiger partial charge in [-0.3, -0.25) is 19.2 Å². The third-order valence-electron chi connectivity index (χ3n) is 15.0. The Morgan fingerprint density at radius 1 is 0.899 bits per heavy atom. The fraction of sp³-hybridized carbons (Fsp3) is 0.750. The molecule has 0 spiro atoms. The van der Waals surface area contributed by atoms with E-state index < -0.39 is 87.7 Å². The van der Waals surface area contributed by atoms with E-state index in [4.69, 9.17) is 23.7 Å². The van der Waals surface area contributed by atoms with E-state index in [-0.39, 0.29) is 61.0 Å². The number of amides is 1. The summed E-state index contributed by atoms with van der Waals surface area (Å²) in [5.74, 6) is -8.73. The summed E-state index contributed by atoms with van der Waals surface area (Å²) in [7, 11) is 0.560. The number of nitrogens with one attached hydrogen (secondary N) is 1. The molecule has 17 heteroatoms. The molecule has 4 rings (SSSR count). The van der Waals surface area contributed by atoms with Crippen LogP contribution < -0.4 is 4.72 Å². The molecule has 16 nitrogen and oxygen atoms in total. The first kappa shape index (κ1) is 58.2. The van der Waals surface area contributed by atoms with Gasteiger partial charge in [0.1, 0.15) is 30.1 Å². The molecule has 3 N–H and O–H groups in total. The minimum Gasteiger partial charge on any atom is -0.460 e. The predicted octanol–water partition coefficient (Wildman–Crippen LogP) is 5.88. The second-order valence-electron chi connectivity index (χ2n) is 20.5. The van der Waals surface area contributed by atoms with Crippen molar-refractivity contribution in [3.8, 4) is 0 Å². The van der Waals surface area contributed by atoms with Crippen molar-refractivity contribution in [2.24, 2.45) is 29.6 Å². The van der Waals surface area contributed by atoms with Crippen molar-refractivity contribution in [2.75, 3.05) is 27.5 Å². The number of Topliss-reactive ketones (excluding diaryl/α,β-unsaturated/α-hetero) is 3. The molecule has 69 heavy (non-hydrogen) atoms. The Morgan fingerprint density at radius 2 is 1.59 bits per heavy atom. The first-order valence-electron chi connectivity index (χ1n) is 24.9. The summed E-state index contributed by atoms with van der Waals surface area (Å²) in [6, 6.07) is -2.13. The monoisotopic (exact) mass is 991 g/mol. The number of esters is 1. The summed E-state index contributed by atoms with van der Waals surface area (Å²) in [5.41, 5.74) is 0.983. The molecule has 1 saturated heterocycles. The minimum atomic E-state index is -3.73. The average Bonchev–Trinajstić information content (AvgIpc) is 3.28. The Morgan fingerprint density at radius 3 is 2.22 bits per heavy atom. The number of ether oxygens (including phenoxy) is 5. The largest absolute Gasteiger partial charge is 0.460 e. The van der Waals surface area contributed by atoms with Gasteiger partial charge < -0.3 is 38.8 Å². The summed E-state index contributed by atoms with van der Waals surface area (Å²) in [6.07, 6.45) is 15.0. The molecule has 2 heterocycles. The highest BCUT2D eigenvalue weighted by Gasteiger charge is 2.52. The third kappa shape index (κ3) is 16.3. The molecule has 14 atom stereocenters. The van der Waals surface area contributed by atoms with Gasteiger partial charge in [0.2, 0.25) is 15.8 Å². The zero-order valence-electron chi connectivity index (χ0n) is 42.9. The van der Waals surface area contributed by atoms with Crippen LogP contribution >= 0.6 is 0 Å². The van der Waals surface area contributed by atoms with Crippen LogP contribution in [-0.4, -0.2) is 141 Å². The van der Waals surface area contributed by atoms with Crippen LogP contribution in [0.4, 0.5) is 0 Å². The Balaban J connectivity index is 1.66. The van der Waals surface area contributed by atoms with Crippen molar-refractivity contribution in [3.05, 3.63) is 47.6 Å². The fourth-order valence-corrected chi connectivity index (χ4v) is 10.6. The summed E-state index contributed by atoms with van der Waals surface area (Å²) in [4.78, 5) is 70.7. The lowest BCUT2D eigenvalue weighted by Gasteiger charge is -2.42. The molecule has 0 radical (unpaired) electrons. The number of carbonyl (C=O) groups excluding carboxylic acids is 5. The topological polar surface area (TPSA) is 221 Å². The lowest BCUT2D eigenvalue weighted by atomic mass is 9.78. The minimum absolute atomic E-state index is 0.0125. The molecule has 4 aliphatic rings. The van der Waals surface area contributed by atoms with Crippen molar-refractivity contribution in [1.82, 2.24) is 9.62 Å². The van der Waals surface area contributed by atoms with Gasteiger partial charge in [0.25, 0.3) is 11.7 Å². The number of ketones is 3. The fourth-order valence-electron chi connectivity index (χ4n) is 9.78. The standard InChI is InChI=1S/C52H82N2O14S/c1-31-18-15-13-12-14-16-19-32(2)46(56)48(65-10)47(57)35(5)26-33(3)42(55)30-44(34(4)27-38-23-25-43(45(28-38)64-9)66-39-20-17-21-39)67-51(60)37(7)54(8)50(59)49(58)52(61)36(6)22-24-40(68-52)29-41(31)53-69(11,62)63/h12-15,18,26,32-34,36-41,43-45,47-48,53,57,61H,16-17,19-25,27-30H2,1-11H3/b14-12+,15-13+,31-18+,35-26+/t32?,33?,34-,36+,37?,38+,40-,41?,43-,44?,45-,47?,48?,52+/m1/s1. The predicted molar refractivity (Wildman–Crippen MR) is 261 cm³/mol. The van der Waals surface area contributed by atoms with Crippen LogP contribution in [0.25, 0.3) is 0 Å². The summed E-state index contributed by atoms with van der Waals surface area (Å²) >= 11 is 0. The van der Waals surface area contributed by atoms with Crippen LogP contribution in [0.2, 0.25) is 0 Å². The van der Waals surface area contributed by atoms with E-state index in [9.17, 15) is 42.6 Å². The van der Waals surface area contributed by atoms with Gasteiger partial charge in [-0.2, -0.15) is 0 Å². The van der Waals surface area contributed by atoms with Crippen molar-refractivity contribution in [3.63, 3.8) is 0 Å². The zero-order valence-corrected chi connectivity index (χ0v) is 43.7. The van der Waals surface area contributed by atoms with E-state index in [1.807, 2.05) is 13.0 Å². The molecule has 3 fully saturated rings. The van der Waals surface area contributed by atoms with Gasteiger partial charge in [0.15, 0.2) is 5.78 Å². The molecule has 1 amide bonds. The van der Waals surface area contributed by atoms with E-state index in [1.54, 1.807) is 72.1 Å². The lowest BCUT2D eigenvalue weighted by Crippen LogP contribution is -2.59. The van der Waals surface area contributed by atoms with Crippen LogP contribution in [-0.2, 0) is 57.7 Å². The molecule has 2 aliphatic carbocycles. The molecule has 2 bridgehead atoms. The molecule has 0 aromatic carbocycles. The Hall–Kier alpha value is -3.42. The van der Waals surface area contributed by atoms with Crippen molar-refractivity contribution >= 4 is 39.2 Å². The maximum absolute atomic E-state index is 14.1. The van der Waals surface area contributed by atoms with E-state index in [1.165, 1.54) is 21.1 Å².